The molecule has 2 aliphatic carbocycles. The van der Waals surface area contributed by atoms with Gasteiger partial charge in [-0.25, -0.2) is 0 Å². The normalized spacial score (nSPS) is 28.1. The van der Waals surface area contributed by atoms with Gasteiger partial charge in [-0.15, -0.1) is 0 Å². The van der Waals surface area contributed by atoms with Crippen LogP contribution in [0.3, 0.4) is 0 Å². The lowest BCUT2D eigenvalue weighted by molar-refractivity contribution is 0.373. The van der Waals surface area contributed by atoms with E-state index < -0.39 is 0 Å². The van der Waals surface area contributed by atoms with Crippen molar-refractivity contribution in [1.29, 1.82) is 0 Å². The molecule has 2 unspecified atom stereocenters. The van der Waals surface area contributed by atoms with Crippen molar-refractivity contribution in [2.24, 2.45) is 7.05 Å². The van der Waals surface area contributed by atoms with Crippen molar-refractivity contribution >= 4 is 0 Å². The second-order valence-electron chi connectivity index (χ2n) is 5.26. The number of rotatable bonds is 2. The molecule has 0 saturated carbocycles. The number of aryl methyl sites for hydroxylation is 1. The molecule has 0 amide bonds. The van der Waals surface area contributed by atoms with Gasteiger partial charge in [-0.2, -0.15) is 5.10 Å². The minimum atomic E-state index is 0.531. The van der Waals surface area contributed by atoms with Crippen molar-refractivity contribution in [2.45, 2.75) is 50.6 Å². The molecule has 0 spiro atoms. The van der Waals surface area contributed by atoms with Gasteiger partial charge in [0.2, 0.25) is 0 Å². The van der Waals surface area contributed by atoms with Crippen molar-refractivity contribution < 1.29 is 0 Å². The summed E-state index contributed by atoms with van der Waals surface area (Å²) in [6.07, 6.45) is 14.1. The van der Waals surface area contributed by atoms with Crippen LogP contribution in [0.15, 0.2) is 18.3 Å². The molecule has 1 heterocycles. The summed E-state index contributed by atoms with van der Waals surface area (Å²) < 4.78 is 2.05. The van der Waals surface area contributed by atoms with E-state index in [1.54, 1.807) is 0 Å². The van der Waals surface area contributed by atoms with E-state index in [9.17, 15) is 0 Å². The molecule has 1 aromatic heterocycles. The molecule has 0 fully saturated rings. The SMILES string of the molecule is Cn1ncc2c1CCCC2NC1CC=CCC1. The quantitative estimate of drug-likeness (QED) is 0.793. The second-order valence-corrected chi connectivity index (χ2v) is 5.26. The summed E-state index contributed by atoms with van der Waals surface area (Å²) in [5, 5.41) is 8.23. The molecule has 0 aromatic carbocycles. The van der Waals surface area contributed by atoms with Gasteiger partial charge in [0, 0.05) is 30.4 Å². The van der Waals surface area contributed by atoms with Crippen LogP contribution in [0.5, 0.6) is 0 Å². The maximum absolute atomic E-state index is 4.40. The van der Waals surface area contributed by atoms with Gasteiger partial charge in [0.1, 0.15) is 0 Å². The summed E-state index contributed by atoms with van der Waals surface area (Å²) in [6, 6.07) is 1.19. The van der Waals surface area contributed by atoms with Crippen molar-refractivity contribution in [3.05, 3.63) is 29.6 Å². The number of nitrogens with one attached hydrogen (secondary N) is 1. The minimum Gasteiger partial charge on any atom is -0.307 e. The van der Waals surface area contributed by atoms with Crippen LogP contribution < -0.4 is 5.32 Å². The van der Waals surface area contributed by atoms with Gasteiger partial charge in [0.05, 0.1) is 6.20 Å². The molecule has 2 atom stereocenters. The highest BCUT2D eigenvalue weighted by Crippen LogP contribution is 2.30. The predicted octanol–water partition coefficient (Wildman–Crippen LogP) is 2.50. The molecule has 1 N–H and O–H groups in total. The lowest BCUT2D eigenvalue weighted by Gasteiger charge is -2.29. The molecule has 2 aliphatic rings. The Morgan fingerprint density at radius 2 is 2.29 bits per heavy atom. The van der Waals surface area contributed by atoms with E-state index in [0.717, 1.165) is 0 Å². The van der Waals surface area contributed by atoms with Crippen LogP contribution in [0.25, 0.3) is 0 Å². The zero-order valence-electron chi connectivity index (χ0n) is 10.5. The van der Waals surface area contributed by atoms with E-state index in [4.69, 9.17) is 0 Å². The fourth-order valence-corrected chi connectivity index (χ4v) is 3.11. The van der Waals surface area contributed by atoms with Gasteiger partial charge in [-0.3, -0.25) is 4.68 Å². The van der Waals surface area contributed by atoms with Crippen LogP contribution in [0, 0.1) is 0 Å². The molecule has 3 rings (SSSR count). The lowest BCUT2D eigenvalue weighted by atomic mass is 9.91. The third-order valence-electron chi connectivity index (χ3n) is 4.08. The number of aromatic nitrogens is 2. The van der Waals surface area contributed by atoms with E-state index in [1.807, 2.05) is 4.68 Å². The molecular formula is C14H21N3. The number of nitrogens with zero attached hydrogens (tertiary/aromatic N) is 2. The fraction of sp³-hybridized carbons (Fsp3) is 0.643. The van der Waals surface area contributed by atoms with Gasteiger partial charge < -0.3 is 5.32 Å². The van der Waals surface area contributed by atoms with Crippen LogP contribution in [0.2, 0.25) is 0 Å². The monoisotopic (exact) mass is 231 g/mol. The van der Waals surface area contributed by atoms with Crippen molar-refractivity contribution in [3.8, 4) is 0 Å². The van der Waals surface area contributed by atoms with E-state index >= 15 is 0 Å². The smallest absolute Gasteiger partial charge is 0.0540 e. The molecule has 3 nitrogen and oxygen atoms in total. The van der Waals surface area contributed by atoms with Crippen molar-refractivity contribution in [1.82, 2.24) is 15.1 Å². The highest BCUT2D eigenvalue weighted by Gasteiger charge is 2.25. The van der Waals surface area contributed by atoms with Gasteiger partial charge >= 0.3 is 0 Å². The lowest BCUT2D eigenvalue weighted by Crippen LogP contribution is -2.35. The summed E-state index contributed by atoms with van der Waals surface area (Å²) in [6.45, 7) is 0. The molecule has 0 radical (unpaired) electrons. The first-order valence-corrected chi connectivity index (χ1v) is 6.76. The Morgan fingerprint density at radius 1 is 1.35 bits per heavy atom. The molecule has 3 heteroatoms. The highest BCUT2D eigenvalue weighted by atomic mass is 15.3. The number of hydrogen-bond donors (Lipinski definition) is 1. The highest BCUT2D eigenvalue weighted by molar-refractivity contribution is 5.25. The Hall–Kier alpha value is -1.09. The fourth-order valence-electron chi connectivity index (χ4n) is 3.11. The standard InChI is InChI=1S/C14H21N3/c1-17-14-9-5-8-13(12(14)10-15-17)16-11-6-3-2-4-7-11/h2-3,10-11,13,16H,4-9H2,1H3. The minimum absolute atomic E-state index is 0.531. The Balaban J connectivity index is 1.74. The number of fused-ring (bicyclic) bond motifs is 1. The van der Waals surface area contributed by atoms with Gasteiger partial charge in [-0.05, 0) is 38.5 Å². The maximum Gasteiger partial charge on any atom is 0.0540 e. The maximum atomic E-state index is 4.40. The molecule has 0 saturated heterocycles. The number of allylic oxidation sites excluding steroid dienone is 1. The van der Waals surface area contributed by atoms with Gasteiger partial charge in [0.25, 0.3) is 0 Å². The first-order valence-electron chi connectivity index (χ1n) is 6.76. The van der Waals surface area contributed by atoms with E-state index in [0.29, 0.717) is 12.1 Å². The average Bonchev–Trinajstić information content (AvgIpc) is 2.74. The molecule has 1 aromatic rings. The third-order valence-corrected chi connectivity index (χ3v) is 4.08. The van der Waals surface area contributed by atoms with Gasteiger partial charge in [0.15, 0.2) is 0 Å². The Morgan fingerprint density at radius 3 is 3.12 bits per heavy atom. The van der Waals surface area contributed by atoms with Crippen LogP contribution in [-0.4, -0.2) is 15.8 Å². The van der Waals surface area contributed by atoms with Crippen molar-refractivity contribution in [3.63, 3.8) is 0 Å². The molecule has 92 valence electrons. The molecular weight excluding hydrogens is 210 g/mol. The molecule has 0 aliphatic heterocycles. The third kappa shape index (κ3) is 2.16. The predicted molar refractivity (Wildman–Crippen MR) is 68.8 cm³/mol. The summed E-state index contributed by atoms with van der Waals surface area (Å²) in [4.78, 5) is 0. The van der Waals surface area contributed by atoms with E-state index in [2.05, 4.69) is 35.8 Å². The van der Waals surface area contributed by atoms with Crippen molar-refractivity contribution in [2.75, 3.05) is 0 Å². The zero-order chi connectivity index (χ0) is 11.7. The Labute approximate surface area is 103 Å². The topological polar surface area (TPSA) is 29.9 Å². The first kappa shape index (κ1) is 11.0. The zero-order valence-corrected chi connectivity index (χ0v) is 10.5. The summed E-state index contributed by atoms with van der Waals surface area (Å²) in [5.41, 5.74) is 2.87. The van der Waals surface area contributed by atoms with Crippen LogP contribution >= 0.6 is 0 Å². The largest absolute Gasteiger partial charge is 0.307 e. The van der Waals surface area contributed by atoms with E-state index in [1.165, 1.54) is 49.8 Å². The molecule has 0 bridgehead atoms. The summed E-state index contributed by atoms with van der Waals surface area (Å²) in [7, 11) is 2.06. The second kappa shape index (κ2) is 4.65. The van der Waals surface area contributed by atoms with Crippen LogP contribution in [0.4, 0.5) is 0 Å². The van der Waals surface area contributed by atoms with Crippen LogP contribution in [0.1, 0.15) is 49.4 Å². The molecule has 17 heavy (non-hydrogen) atoms. The first-order chi connectivity index (χ1) is 8.34. The summed E-state index contributed by atoms with van der Waals surface area (Å²) >= 11 is 0. The van der Waals surface area contributed by atoms with Gasteiger partial charge in [-0.1, -0.05) is 12.2 Å². The Bertz CT molecular complexity index is 419. The Kier molecular flexibility index (Phi) is 3.02. The van der Waals surface area contributed by atoms with Crippen LogP contribution in [-0.2, 0) is 13.5 Å². The average molecular weight is 231 g/mol. The number of hydrogen-bond acceptors (Lipinski definition) is 2. The van der Waals surface area contributed by atoms with E-state index in [-0.39, 0.29) is 0 Å². The summed E-state index contributed by atoms with van der Waals surface area (Å²) in [5.74, 6) is 0.